The molecule has 2 amide bonds. The molecule has 1 fully saturated rings. The van der Waals surface area contributed by atoms with Gasteiger partial charge in [0.15, 0.2) is 9.84 Å². The predicted molar refractivity (Wildman–Crippen MR) is 166 cm³/mol. The van der Waals surface area contributed by atoms with Gasteiger partial charge in [-0.1, -0.05) is 86.6 Å². The van der Waals surface area contributed by atoms with Gasteiger partial charge in [-0.05, 0) is 42.4 Å². The number of nitrogens with zero attached hydrogens (tertiary/aromatic N) is 1. The molecule has 1 aliphatic rings. The van der Waals surface area contributed by atoms with Crippen molar-refractivity contribution < 1.29 is 28.2 Å². The number of aliphatic hydroxyl groups is 2. The van der Waals surface area contributed by atoms with Crippen molar-refractivity contribution in [3.05, 3.63) is 66.2 Å². The maximum Gasteiger partial charge on any atom is 0.296 e. The van der Waals surface area contributed by atoms with E-state index in [9.17, 15) is 28.2 Å². The van der Waals surface area contributed by atoms with E-state index in [2.05, 4.69) is 23.1 Å². The molecule has 3 N–H and O–H groups in total. The Morgan fingerprint density at radius 2 is 1.65 bits per heavy atom. The number of nitrogens with one attached hydrogen (secondary N) is 1. The Bertz CT molecular complexity index is 1370. The van der Waals surface area contributed by atoms with Crippen molar-refractivity contribution in [2.45, 2.75) is 87.4 Å². The molecule has 0 heterocycles. The van der Waals surface area contributed by atoms with E-state index in [-0.39, 0.29) is 36.6 Å². The van der Waals surface area contributed by atoms with Gasteiger partial charge in [-0.3, -0.25) is 9.59 Å². The quantitative estimate of drug-likeness (QED) is 0.283. The van der Waals surface area contributed by atoms with Crippen LogP contribution >= 0.6 is 0 Å². The summed E-state index contributed by atoms with van der Waals surface area (Å²) in [7, 11) is -3.78. The third-order valence-electron chi connectivity index (χ3n) is 7.72. The summed E-state index contributed by atoms with van der Waals surface area (Å²) < 4.78 is 26.1. The van der Waals surface area contributed by atoms with Crippen LogP contribution in [0.4, 0.5) is 0 Å². The normalized spacial score (nSPS) is 15.7. The zero-order valence-electron chi connectivity index (χ0n) is 24.5. The Morgan fingerprint density at radius 1 is 1.00 bits per heavy atom. The van der Waals surface area contributed by atoms with Gasteiger partial charge in [0.1, 0.15) is 12.0 Å². The number of hydrogen-bond acceptors (Lipinski definition) is 6. The molecule has 0 aromatic heterocycles. The van der Waals surface area contributed by atoms with E-state index < -0.39 is 39.9 Å². The molecular formula is C34H42N2O6S. The molecule has 0 bridgehead atoms. The highest BCUT2D eigenvalue weighted by molar-refractivity contribution is 7.91. The minimum Gasteiger partial charge on any atom is -0.389 e. The fourth-order valence-corrected chi connectivity index (χ4v) is 6.74. The van der Waals surface area contributed by atoms with Gasteiger partial charge >= 0.3 is 0 Å². The fourth-order valence-electron chi connectivity index (χ4n) is 5.34. The molecule has 230 valence electrons. The van der Waals surface area contributed by atoms with Crippen LogP contribution in [-0.4, -0.2) is 66.0 Å². The summed E-state index contributed by atoms with van der Waals surface area (Å²) in [5.74, 6) is 6.47. The van der Waals surface area contributed by atoms with Crippen LogP contribution in [0, 0.1) is 30.1 Å². The largest absolute Gasteiger partial charge is 0.389 e. The molecule has 3 atom stereocenters. The first-order valence-electron chi connectivity index (χ1n) is 14.9. The van der Waals surface area contributed by atoms with Crippen LogP contribution < -0.4 is 5.32 Å². The van der Waals surface area contributed by atoms with Crippen LogP contribution in [0.3, 0.4) is 0 Å². The Labute approximate surface area is 255 Å². The smallest absolute Gasteiger partial charge is 0.296 e. The number of sulfone groups is 1. The van der Waals surface area contributed by atoms with Gasteiger partial charge in [-0.2, -0.15) is 0 Å². The number of aryl methyl sites for hydroxylation is 1. The van der Waals surface area contributed by atoms with Crippen molar-refractivity contribution in [3.63, 3.8) is 0 Å². The first-order valence-corrected chi connectivity index (χ1v) is 16.5. The molecule has 8 nitrogen and oxygen atoms in total. The molecule has 2 aromatic carbocycles. The SMILES string of the molecule is C#CC[C@H](O)[C@H](O)[C@@H](CC1CCCCC1)NC(=O)C#CCCN(CS(=O)(=O)c1ccccc1)C(=O)CCc1ccccc1. The number of hydrogen-bond donors (Lipinski definition) is 3. The van der Waals surface area contributed by atoms with Crippen molar-refractivity contribution in [2.24, 2.45) is 5.92 Å². The topological polar surface area (TPSA) is 124 Å². The molecule has 0 saturated heterocycles. The van der Waals surface area contributed by atoms with E-state index in [1.165, 1.54) is 23.5 Å². The molecule has 3 rings (SSSR count). The summed E-state index contributed by atoms with van der Waals surface area (Å²) in [6.07, 6.45) is 9.38. The number of benzene rings is 2. The van der Waals surface area contributed by atoms with Gasteiger partial charge in [0.2, 0.25) is 5.91 Å². The average Bonchev–Trinajstić information content (AvgIpc) is 3.02. The Kier molecular flexibility index (Phi) is 13.8. The highest BCUT2D eigenvalue weighted by Crippen LogP contribution is 2.28. The minimum absolute atomic E-state index is 0.0228. The molecule has 2 aromatic rings. The highest BCUT2D eigenvalue weighted by atomic mass is 32.2. The molecule has 0 spiro atoms. The first kappa shape index (κ1) is 33.9. The molecule has 0 radical (unpaired) electrons. The highest BCUT2D eigenvalue weighted by Gasteiger charge is 2.30. The van der Waals surface area contributed by atoms with E-state index >= 15 is 0 Å². The second-order valence-electron chi connectivity index (χ2n) is 11.0. The van der Waals surface area contributed by atoms with Crippen LogP contribution in [0.5, 0.6) is 0 Å². The van der Waals surface area contributed by atoms with Gasteiger partial charge in [-0.25, -0.2) is 8.42 Å². The minimum atomic E-state index is -3.78. The van der Waals surface area contributed by atoms with Gasteiger partial charge in [0.25, 0.3) is 5.91 Å². The lowest BCUT2D eigenvalue weighted by Gasteiger charge is -2.31. The van der Waals surface area contributed by atoms with Gasteiger partial charge < -0.3 is 20.4 Å². The number of rotatable bonds is 14. The molecule has 9 heteroatoms. The maximum absolute atomic E-state index is 13.1. The van der Waals surface area contributed by atoms with E-state index in [0.29, 0.717) is 18.8 Å². The fraction of sp³-hybridized carbons (Fsp3) is 0.471. The summed E-state index contributed by atoms with van der Waals surface area (Å²) in [6.45, 7) is 0.0228. The molecule has 1 saturated carbocycles. The van der Waals surface area contributed by atoms with Gasteiger partial charge in [-0.15, -0.1) is 12.3 Å². The van der Waals surface area contributed by atoms with Crippen molar-refractivity contribution >= 4 is 21.7 Å². The monoisotopic (exact) mass is 606 g/mol. The summed E-state index contributed by atoms with van der Waals surface area (Å²) >= 11 is 0. The van der Waals surface area contributed by atoms with Crippen molar-refractivity contribution in [3.8, 4) is 24.2 Å². The molecule has 1 aliphatic carbocycles. The van der Waals surface area contributed by atoms with Gasteiger partial charge in [0.05, 0.1) is 17.0 Å². The van der Waals surface area contributed by atoms with Crippen LogP contribution in [0.15, 0.2) is 65.6 Å². The lowest BCUT2D eigenvalue weighted by molar-refractivity contribution is -0.130. The Balaban J connectivity index is 1.65. The van der Waals surface area contributed by atoms with Crippen molar-refractivity contribution in [1.29, 1.82) is 0 Å². The van der Waals surface area contributed by atoms with E-state index in [1.807, 2.05) is 30.3 Å². The van der Waals surface area contributed by atoms with E-state index in [4.69, 9.17) is 6.42 Å². The molecule has 0 unspecified atom stereocenters. The number of amides is 2. The Morgan fingerprint density at radius 3 is 2.30 bits per heavy atom. The lowest BCUT2D eigenvalue weighted by atomic mass is 9.83. The van der Waals surface area contributed by atoms with Crippen molar-refractivity contribution in [1.82, 2.24) is 10.2 Å². The zero-order valence-corrected chi connectivity index (χ0v) is 25.3. The molecular weight excluding hydrogens is 564 g/mol. The van der Waals surface area contributed by atoms with E-state index in [0.717, 1.165) is 31.2 Å². The maximum atomic E-state index is 13.1. The van der Waals surface area contributed by atoms with Crippen LogP contribution in [0.2, 0.25) is 0 Å². The van der Waals surface area contributed by atoms with Crippen LogP contribution in [-0.2, 0) is 25.8 Å². The second kappa shape index (κ2) is 17.5. The summed E-state index contributed by atoms with van der Waals surface area (Å²) in [6, 6.07) is 16.7. The van der Waals surface area contributed by atoms with Crippen LogP contribution in [0.25, 0.3) is 0 Å². The molecule has 43 heavy (non-hydrogen) atoms. The average molecular weight is 607 g/mol. The number of aliphatic hydroxyl groups excluding tert-OH is 2. The number of carbonyl (C=O) groups excluding carboxylic acids is 2. The number of carbonyl (C=O) groups is 2. The zero-order chi connectivity index (χ0) is 31.1. The third kappa shape index (κ3) is 11.5. The summed E-state index contributed by atoms with van der Waals surface area (Å²) in [4.78, 5) is 27.3. The Hall–Kier alpha value is -3.63. The first-order chi connectivity index (χ1) is 20.7. The number of terminal acetylenes is 1. The lowest BCUT2D eigenvalue weighted by Crippen LogP contribution is -2.49. The predicted octanol–water partition coefficient (Wildman–Crippen LogP) is 3.47. The second-order valence-corrected chi connectivity index (χ2v) is 13.0. The van der Waals surface area contributed by atoms with Crippen LogP contribution in [0.1, 0.15) is 63.4 Å². The third-order valence-corrected chi connectivity index (χ3v) is 9.36. The standard InChI is InChI=1S/C34H42N2O6S/c1-2-14-31(37)34(40)30(25-28-17-8-4-9-18-28)35-32(38)21-12-13-24-36(26-43(41,42)29-19-10-5-11-20-29)33(39)23-22-27-15-6-3-7-16-27/h1,3,5-7,10-11,15-16,19-20,28,30-31,34,37,40H,4,8-9,13-14,17-18,22-26H2,(H,35,38)/t30-,31+,34-/m1/s1. The summed E-state index contributed by atoms with van der Waals surface area (Å²) in [5.41, 5.74) is 0.968. The van der Waals surface area contributed by atoms with E-state index in [1.54, 1.807) is 18.2 Å². The van der Waals surface area contributed by atoms with Gasteiger partial charge in [0, 0.05) is 25.8 Å². The summed E-state index contributed by atoms with van der Waals surface area (Å²) in [5, 5.41) is 23.7. The molecule has 0 aliphatic heterocycles. The van der Waals surface area contributed by atoms with Crippen molar-refractivity contribution in [2.75, 3.05) is 12.4 Å².